The predicted octanol–water partition coefficient (Wildman–Crippen LogP) is 2.92. The minimum Gasteiger partial charge on any atom is -0.348 e. The van der Waals surface area contributed by atoms with Crippen LogP contribution in [0.2, 0.25) is 0 Å². The average molecular weight is 334 g/mol. The second kappa shape index (κ2) is 4.68. The van der Waals surface area contributed by atoms with E-state index >= 15 is 0 Å². The molecule has 0 spiro atoms. The third-order valence-corrected chi connectivity index (χ3v) is 6.09. The van der Waals surface area contributed by atoms with Crippen molar-refractivity contribution in [2.75, 3.05) is 0 Å². The number of nitrogens with one attached hydrogen (secondary N) is 1. The van der Waals surface area contributed by atoms with Crippen molar-refractivity contribution in [1.29, 1.82) is 0 Å². The van der Waals surface area contributed by atoms with Crippen molar-refractivity contribution in [3.8, 4) is 0 Å². The summed E-state index contributed by atoms with van der Waals surface area (Å²) in [6, 6.07) is 3.08. The third kappa shape index (κ3) is 2.66. The van der Waals surface area contributed by atoms with Gasteiger partial charge in [0.05, 0.1) is 0 Å². The first-order valence-electron chi connectivity index (χ1n) is 6.44. The Labute approximate surface area is 128 Å². The van der Waals surface area contributed by atoms with Crippen LogP contribution in [0.15, 0.2) is 23.1 Å². The molecule has 0 aromatic heterocycles. The van der Waals surface area contributed by atoms with Crippen molar-refractivity contribution >= 4 is 25.6 Å². The molecule has 0 aliphatic heterocycles. The monoisotopic (exact) mass is 333 g/mol. The Hall–Kier alpha value is -1.14. The zero-order valence-electron chi connectivity index (χ0n) is 12.2. The van der Waals surface area contributed by atoms with Gasteiger partial charge < -0.3 is 5.32 Å². The van der Waals surface area contributed by atoms with Crippen molar-refractivity contribution < 1.29 is 17.6 Å². The molecule has 0 radical (unpaired) electrons. The molecular weight excluding hydrogens is 317 g/mol. The normalized spacial score (nSPS) is 20.1. The summed E-state index contributed by atoms with van der Waals surface area (Å²) >= 11 is 0. The molecule has 0 unspecified atom stereocenters. The maximum absolute atomic E-state index is 13.5. The number of benzene rings is 1. The molecule has 1 fully saturated rings. The highest BCUT2D eigenvalue weighted by Crippen LogP contribution is 2.62. The highest BCUT2D eigenvalue weighted by Gasteiger charge is 2.65. The molecule has 116 valence electrons. The number of amides is 1. The van der Waals surface area contributed by atoms with Gasteiger partial charge in [-0.15, -0.1) is 0 Å². The van der Waals surface area contributed by atoms with Crippen molar-refractivity contribution in [2.24, 2.45) is 10.8 Å². The molecule has 1 saturated carbocycles. The van der Waals surface area contributed by atoms with Crippen molar-refractivity contribution in [2.45, 2.75) is 38.6 Å². The van der Waals surface area contributed by atoms with E-state index < -0.39 is 25.7 Å². The summed E-state index contributed by atoms with van der Waals surface area (Å²) in [6.07, 6.45) is 0. The van der Waals surface area contributed by atoms with Gasteiger partial charge in [0, 0.05) is 22.3 Å². The molecule has 1 amide bonds. The topological polar surface area (TPSA) is 63.2 Å². The SMILES string of the molecule is CC1(C)C(NC(=O)c2ccc(F)c(S(=O)(=O)Cl)c2)C1(C)C. The molecule has 0 heterocycles. The summed E-state index contributed by atoms with van der Waals surface area (Å²) in [7, 11) is 0.919. The van der Waals surface area contributed by atoms with Crippen LogP contribution in [0.4, 0.5) is 4.39 Å². The lowest BCUT2D eigenvalue weighted by Crippen LogP contribution is -2.29. The van der Waals surface area contributed by atoms with Crippen molar-refractivity contribution in [3.05, 3.63) is 29.6 Å². The molecule has 1 aliphatic rings. The standard InChI is InChI=1S/C14H17ClFNO3S/c1-13(2)12(14(13,3)4)17-11(18)8-5-6-9(16)10(7-8)21(15,19)20/h5-7,12H,1-4H3,(H,17,18). The van der Waals surface area contributed by atoms with Crippen LogP contribution >= 0.6 is 10.7 Å². The lowest BCUT2D eigenvalue weighted by atomic mass is 10.0. The van der Waals surface area contributed by atoms with Crippen LogP contribution in [-0.4, -0.2) is 20.4 Å². The first-order valence-corrected chi connectivity index (χ1v) is 8.75. The third-order valence-electron chi connectivity index (χ3n) is 4.75. The minimum absolute atomic E-state index is 0.0291. The van der Waals surface area contributed by atoms with Gasteiger partial charge in [0.2, 0.25) is 0 Å². The zero-order chi connectivity index (χ0) is 16.2. The Kier molecular flexibility index (Phi) is 3.62. The van der Waals surface area contributed by atoms with E-state index in [1.807, 2.05) is 27.7 Å². The van der Waals surface area contributed by atoms with Crippen LogP contribution in [0.1, 0.15) is 38.1 Å². The van der Waals surface area contributed by atoms with Crippen LogP contribution in [0, 0.1) is 16.6 Å². The molecule has 1 aromatic rings. The second-order valence-corrected chi connectivity index (χ2v) is 8.97. The summed E-state index contributed by atoms with van der Waals surface area (Å²) < 4.78 is 36.0. The Morgan fingerprint density at radius 2 is 1.76 bits per heavy atom. The van der Waals surface area contributed by atoms with E-state index in [2.05, 4.69) is 5.32 Å². The highest BCUT2D eigenvalue weighted by atomic mass is 35.7. The minimum atomic E-state index is -4.23. The van der Waals surface area contributed by atoms with E-state index in [1.165, 1.54) is 6.07 Å². The van der Waals surface area contributed by atoms with E-state index in [-0.39, 0.29) is 22.4 Å². The van der Waals surface area contributed by atoms with E-state index in [0.717, 1.165) is 12.1 Å². The van der Waals surface area contributed by atoms with Gasteiger partial charge in [-0.2, -0.15) is 0 Å². The number of hydrogen-bond donors (Lipinski definition) is 1. The fraction of sp³-hybridized carbons (Fsp3) is 0.500. The molecule has 0 saturated heterocycles. The van der Waals surface area contributed by atoms with Crippen LogP contribution < -0.4 is 5.32 Å². The Bertz CT molecular complexity index is 699. The molecule has 7 heteroatoms. The second-order valence-electron chi connectivity index (χ2n) is 6.43. The highest BCUT2D eigenvalue weighted by molar-refractivity contribution is 8.13. The van der Waals surface area contributed by atoms with Crippen LogP contribution in [0.3, 0.4) is 0 Å². The number of halogens is 2. The summed E-state index contributed by atoms with van der Waals surface area (Å²) in [5, 5.41) is 2.85. The number of carbonyl (C=O) groups excluding carboxylic acids is 1. The Morgan fingerprint density at radius 3 is 2.19 bits per heavy atom. The molecule has 21 heavy (non-hydrogen) atoms. The van der Waals surface area contributed by atoms with Gasteiger partial charge in [-0.05, 0) is 29.0 Å². The average Bonchev–Trinajstić information content (AvgIpc) is 2.70. The quantitative estimate of drug-likeness (QED) is 0.865. The predicted molar refractivity (Wildman–Crippen MR) is 78.3 cm³/mol. The van der Waals surface area contributed by atoms with Gasteiger partial charge in [-0.1, -0.05) is 27.7 Å². The lowest BCUT2D eigenvalue weighted by Gasteiger charge is -2.08. The van der Waals surface area contributed by atoms with Crippen molar-refractivity contribution in [1.82, 2.24) is 5.32 Å². The van der Waals surface area contributed by atoms with Crippen LogP contribution in [-0.2, 0) is 9.05 Å². The molecule has 2 rings (SSSR count). The van der Waals surface area contributed by atoms with Gasteiger partial charge in [0.15, 0.2) is 0 Å². The summed E-state index contributed by atoms with van der Waals surface area (Å²) in [5.41, 5.74) is -0.0390. The summed E-state index contributed by atoms with van der Waals surface area (Å²) in [4.78, 5) is 11.5. The number of hydrogen-bond acceptors (Lipinski definition) is 3. The number of rotatable bonds is 3. The van der Waals surface area contributed by atoms with Gasteiger partial charge in [-0.25, -0.2) is 12.8 Å². The number of carbonyl (C=O) groups is 1. The molecular formula is C14H17ClFNO3S. The Balaban J connectivity index is 2.26. The summed E-state index contributed by atoms with van der Waals surface area (Å²) in [5.74, 6) is -1.42. The Morgan fingerprint density at radius 1 is 1.24 bits per heavy atom. The van der Waals surface area contributed by atoms with E-state index in [4.69, 9.17) is 10.7 Å². The molecule has 1 N–H and O–H groups in total. The fourth-order valence-corrected chi connectivity index (χ4v) is 3.53. The zero-order valence-corrected chi connectivity index (χ0v) is 13.8. The maximum atomic E-state index is 13.5. The summed E-state index contributed by atoms with van der Waals surface area (Å²) in [6.45, 7) is 8.16. The lowest BCUT2D eigenvalue weighted by molar-refractivity contribution is 0.0943. The van der Waals surface area contributed by atoms with Crippen LogP contribution in [0.25, 0.3) is 0 Å². The van der Waals surface area contributed by atoms with Crippen molar-refractivity contribution in [3.63, 3.8) is 0 Å². The maximum Gasteiger partial charge on any atom is 0.264 e. The van der Waals surface area contributed by atoms with Gasteiger partial charge in [0.25, 0.3) is 15.0 Å². The van der Waals surface area contributed by atoms with E-state index in [1.54, 1.807) is 0 Å². The fourth-order valence-electron chi connectivity index (χ4n) is 2.60. The largest absolute Gasteiger partial charge is 0.348 e. The van der Waals surface area contributed by atoms with Gasteiger partial charge in [0.1, 0.15) is 10.7 Å². The first kappa shape index (κ1) is 16.2. The smallest absolute Gasteiger partial charge is 0.264 e. The first-order chi connectivity index (χ1) is 9.39. The molecule has 4 nitrogen and oxygen atoms in total. The molecule has 1 aliphatic carbocycles. The van der Waals surface area contributed by atoms with E-state index in [0.29, 0.717) is 0 Å². The molecule has 0 bridgehead atoms. The van der Waals surface area contributed by atoms with Gasteiger partial charge in [-0.3, -0.25) is 4.79 Å². The van der Waals surface area contributed by atoms with E-state index in [9.17, 15) is 17.6 Å². The molecule has 0 atom stereocenters. The van der Waals surface area contributed by atoms with Crippen LogP contribution in [0.5, 0.6) is 0 Å². The van der Waals surface area contributed by atoms with Gasteiger partial charge >= 0.3 is 0 Å². The molecule has 1 aromatic carbocycles.